The molecule has 0 bridgehead atoms. The van der Waals surface area contributed by atoms with E-state index in [0.29, 0.717) is 5.56 Å². The highest BCUT2D eigenvalue weighted by molar-refractivity contribution is 7.89. The molecule has 1 saturated heterocycles. The van der Waals surface area contributed by atoms with Crippen LogP contribution in [0, 0.1) is 0 Å². The maximum Gasteiger partial charge on any atom is 0.573 e. The third kappa shape index (κ3) is 7.57. The van der Waals surface area contributed by atoms with E-state index in [4.69, 9.17) is 5.73 Å². The number of piperazine rings is 1. The fourth-order valence-electron chi connectivity index (χ4n) is 4.37. The molecule has 19 heteroatoms. The van der Waals surface area contributed by atoms with Gasteiger partial charge in [0.1, 0.15) is 18.3 Å². The van der Waals surface area contributed by atoms with E-state index in [9.17, 15) is 40.0 Å². The molecule has 1 aromatic heterocycles. The van der Waals surface area contributed by atoms with Gasteiger partial charge in [-0.05, 0) is 40.3 Å². The summed E-state index contributed by atoms with van der Waals surface area (Å²) in [6.07, 6.45) is -5.39. The first-order valence-electron chi connectivity index (χ1n) is 13.0. The predicted octanol–water partition coefficient (Wildman–Crippen LogP) is 1.87. The predicted molar refractivity (Wildman–Crippen MR) is 142 cm³/mol. The quantitative estimate of drug-likeness (QED) is 0.313. The summed E-state index contributed by atoms with van der Waals surface area (Å²) in [4.78, 5) is 27.2. The minimum absolute atomic E-state index is 0.144. The van der Waals surface area contributed by atoms with Gasteiger partial charge in [0.25, 0.3) is 5.92 Å². The summed E-state index contributed by atoms with van der Waals surface area (Å²) in [6, 6.07) is 7.19. The molecular weight excluding hydrogens is 619 g/mol. The molecule has 1 aliphatic heterocycles. The Bertz CT molecular complexity index is 1580. The van der Waals surface area contributed by atoms with Gasteiger partial charge < -0.3 is 20.7 Å². The molecule has 2 amide bonds. The topological polar surface area (TPSA) is 166 Å². The van der Waals surface area contributed by atoms with Crippen LogP contribution >= 0.6 is 0 Å². The summed E-state index contributed by atoms with van der Waals surface area (Å²) in [5, 5.41) is 13.0. The number of anilines is 1. The van der Waals surface area contributed by atoms with Crippen molar-refractivity contribution in [3.8, 4) is 5.75 Å². The summed E-state index contributed by atoms with van der Waals surface area (Å²) in [6.45, 7) is -0.0996. The van der Waals surface area contributed by atoms with Crippen LogP contribution in [0.2, 0.25) is 0 Å². The summed E-state index contributed by atoms with van der Waals surface area (Å²) in [7, 11) is -4.47. The number of sulfonamides is 1. The Labute approximate surface area is 247 Å². The molecule has 238 valence electrons. The van der Waals surface area contributed by atoms with Crippen LogP contribution in [0.15, 0.2) is 53.4 Å². The molecule has 1 atom stereocenters. The van der Waals surface area contributed by atoms with Crippen LogP contribution in [0.1, 0.15) is 24.5 Å². The van der Waals surface area contributed by atoms with Crippen LogP contribution in [0.25, 0.3) is 0 Å². The van der Waals surface area contributed by atoms with Crippen molar-refractivity contribution < 1.29 is 44.7 Å². The number of hydrogen-bond donors (Lipinski definition) is 2. The smallest absolute Gasteiger partial charge is 0.406 e. The molecule has 3 aromatic rings. The number of alkyl halides is 5. The second-order valence-corrected chi connectivity index (χ2v) is 11.5. The number of rotatable bonds is 10. The van der Waals surface area contributed by atoms with Crippen molar-refractivity contribution in [3.63, 3.8) is 0 Å². The largest absolute Gasteiger partial charge is 0.573 e. The van der Waals surface area contributed by atoms with Crippen LogP contribution in [0.5, 0.6) is 5.75 Å². The van der Waals surface area contributed by atoms with Crippen LogP contribution in [0.3, 0.4) is 0 Å². The number of halogens is 5. The van der Waals surface area contributed by atoms with Gasteiger partial charge in [-0.25, -0.2) is 21.9 Å². The Morgan fingerprint density at radius 3 is 2.27 bits per heavy atom. The lowest BCUT2D eigenvalue weighted by Crippen LogP contribution is -2.61. The highest BCUT2D eigenvalue weighted by atomic mass is 32.2. The van der Waals surface area contributed by atoms with Gasteiger partial charge in [0, 0.05) is 38.2 Å². The lowest BCUT2D eigenvalue weighted by atomic mass is 10.0. The van der Waals surface area contributed by atoms with Crippen molar-refractivity contribution >= 4 is 27.8 Å². The van der Waals surface area contributed by atoms with Gasteiger partial charge in [-0.1, -0.05) is 36.3 Å². The Kier molecular flexibility index (Phi) is 9.38. The maximum atomic E-state index is 14.0. The number of amides is 2. The molecule has 13 nitrogen and oxygen atoms in total. The lowest BCUT2D eigenvalue weighted by Gasteiger charge is -2.39. The lowest BCUT2D eigenvalue weighted by molar-refractivity contribution is -0.274. The van der Waals surface area contributed by atoms with Crippen LogP contribution in [-0.4, -0.2) is 81.7 Å². The van der Waals surface area contributed by atoms with Gasteiger partial charge in [0.2, 0.25) is 27.8 Å². The summed E-state index contributed by atoms with van der Waals surface area (Å²) in [5.74, 6) is -5.20. The molecule has 0 aliphatic carbocycles. The van der Waals surface area contributed by atoms with Gasteiger partial charge in [-0.2, -0.15) is 4.31 Å². The number of aromatic nitrogens is 4. The fourth-order valence-corrected chi connectivity index (χ4v) is 5.94. The molecule has 1 aliphatic rings. The molecule has 0 spiro atoms. The number of nitrogen functional groups attached to an aromatic ring is 1. The number of hydrogen-bond acceptors (Lipinski definition) is 9. The Morgan fingerprint density at radius 1 is 1.05 bits per heavy atom. The third-order valence-electron chi connectivity index (χ3n) is 6.78. The standard InChI is InChI=1S/C25H27F5N8O5S/c1-2-24(26,27)17-5-3-16(4-6-17)13-32-22(40)20-14-36(21(39)15-37-23(31)33-34-35-37)11-12-38(20)44(41,42)19-9-7-18(8-10-19)43-25(28,29)30/h3-10,20H,2,11-15H2,1H3,(H,32,40)(H2,31,33,35)/t20-/m1/s1. The molecule has 0 radical (unpaired) electrons. The monoisotopic (exact) mass is 646 g/mol. The van der Waals surface area contributed by atoms with E-state index >= 15 is 0 Å². The molecule has 0 unspecified atom stereocenters. The zero-order chi connectivity index (χ0) is 32.3. The molecule has 1 fully saturated rings. The number of carbonyl (C=O) groups is 2. The van der Waals surface area contributed by atoms with E-state index in [1.807, 2.05) is 0 Å². The normalized spacial score (nSPS) is 16.5. The van der Waals surface area contributed by atoms with Crippen LogP contribution in [-0.2, 0) is 38.6 Å². The van der Waals surface area contributed by atoms with Gasteiger partial charge in [-0.15, -0.1) is 13.2 Å². The van der Waals surface area contributed by atoms with Crippen LogP contribution < -0.4 is 15.8 Å². The second-order valence-electron chi connectivity index (χ2n) is 9.66. The number of nitrogens with one attached hydrogen (secondary N) is 1. The average molecular weight is 647 g/mol. The van der Waals surface area contributed by atoms with Crippen molar-refractivity contribution in [2.24, 2.45) is 0 Å². The molecular formula is C25H27F5N8O5S. The van der Waals surface area contributed by atoms with E-state index in [-0.39, 0.29) is 31.1 Å². The number of tetrazole rings is 1. The molecule has 2 heterocycles. The number of ether oxygens (including phenoxy) is 1. The van der Waals surface area contributed by atoms with Crippen molar-refractivity contribution in [2.45, 2.75) is 49.7 Å². The number of nitrogens with zero attached hydrogens (tertiary/aromatic N) is 6. The summed E-state index contributed by atoms with van der Waals surface area (Å²) >= 11 is 0. The third-order valence-corrected chi connectivity index (χ3v) is 8.70. The molecule has 4 rings (SSSR count). The van der Waals surface area contributed by atoms with Gasteiger partial charge >= 0.3 is 6.36 Å². The van der Waals surface area contributed by atoms with Gasteiger partial charge in [-0.3, -0.25) is 9.59 Å². The van der Waals surface area contributed by atoms with E-state index in [1.165, 1.54) is 36.1 Å². The minimum atomic E-state index is -4.99. The van der Waals surface area contributed by atoms with Crippen molar-refractivity contribution in [3.05, 3.63) is 59.7 Å². The minimum Gasteiger partial charge on any atom is -0.406 e. The van der Waals surface area contributed by atoms with Gasteiger partial charge in [0.05, 0.1) is 4.90 Å². The number of benzene rings is 2. The fraction of sp³-hybridized carbons (Fsp3) is 0.400. The molecule has 2 aromatic carbocycles. The van der Waals surface area contributed by atoms with E-state index < -0.39 is 70.3 Å². The van der Waals surface area contributed by atoms with E-state index in [1.54, 1.807) is 0 Å². The zero-order valence-corrected chi connectivity index (χ0v) is 23.9. The highest BCUT2D eigenvalue weighted by Gasteiger charge is 2.41. The van der Waals surface area contributed by atoms with E-state index in [0.717, 1.165) is 33.3 Å². The summed E-state index contributed by atoms with van der Waals surface area (Å²) < 4.78 is 98.4. The van der Waals surface area contributed by atoms with Crippen molar-refractivity contribution in [1.82, 2.24) is 34.7 Å². The summed E-state index contributed by atoms with van der Waals surface area (Å²) in [5.41, 5.74) is 5.85. The Balaban J connectivity index is 1.55. The Hall–Kier alpha value is -4.39. The first kappa shape index (κ1) is 32.5. The first-order chi connectivity index (χ1) is 20.6. The molecule has 44 heavy (non-hydrogen) atoms. The van der Waals surface area contributed by atoms with E-state index in [2.05, 4.69) is 25.6 Å². The number of nitrogens with two attached hydrogens (primary N) is 1. The number of carbonyl (C=O) groups excluding carboxylic acids is 2. The maximum absolute atomic E-state index is 14.0. The molecule has 0 saturated carbocycles. The Morgan fingerprint density at radius 2 is 1.70 bits per heavy atom. The van der Waals surface area contributed by atoms with Crippen LogP contribution in [0.4, 0.5) is 27.9 Å². The SMILES string of the molecule is CCC(F)(F)c1ccc(CNC(=O)[C@H]2CN(C(=O)Cn3nnnc3N)CCN2S(=O)(=O)c2ccc(OC(F)(F)F)cc2)cc1. The van der Waals surface area contributed by atoms with Crippen molar-refractivity contribution in [2.75, 3.05) is 25.4 Å². The first-order valence-corrected chi connectivity index (χ1v) is 14.5. The van der Waals surface area contributed by atoms with Crippen molar-refractivity contribution in [1.29, 1.82) is 0 Å². The zero-order valence-electron chi connectivity index (χ0n) is 23.0. The van der Waals surface area contributed by atoms with Gasteiger partial charge in [0.15, 0.2) is 0 Å². The highest BCUT2D eigenvalue weighted by Crippen LogP contribution is 2.31. The molecule has 3 N–H and O–H groups in total. The average Bonchev–Trinajstić information content (AvgIpc) is 3.38. The second kappa shape index (κ2) is 12.7.